The lowest BCUT2D eigenvalue weighted by Crippen LogP contribution is -2.44. The van der Waals surface area contributed by atoms with Gasteiger partial charge in [0.2, 0.25) is 11.8 Å². The first-order valence-corrected chi connectivity index (χ1v) is 7.55. The summed E-state index contributed by atoms with van der Waals surface area (Å²) in [6.45, 7) is 8.76. The fourth-order valence-electron chi connectivity index (χ4n) is 2.70. The van der Waals surface area contributed by atoms with E-state index in [1.165, 1.54) is 0 Å². The molecular formula is C17H24N2O2. The van der Waals surface area contributed by atoms with Crippen LogP contribution in [0.3, 0.4) is 0 Å². The molecule has 0 aromatic heterocycles. The molecule has 0 radical (unpaired) electrons. The third-order valence-corrected chi connectivity index (χ3v) is 3.87. The van der Waals surface area contributed by atoms with Crippen molar-refractivity contribution in [2.45, 2.75) is 52.0 Å². The first-order chi connectivity index (χ1) is 9.84. The minimum atomic E-state index is -0.423. The lowest BCUT2D eigenvalue weighted by atomic mass is 9.85. The molecule has 1 fully saturated rings. The van der Waals surface area contributed by atoms with Crippen molar-refractivity contribution in [3.63, 3.8) is 0 Å². The number of nitrogens with one attached hydrogen (secondary N) is 1. The van der Waals surface area contributed by atoms with Crippen LogP contribution in [0.4, 0.5) is 5.69 Å². The third-order valence-electron chi connectivity index (χ3n) is 3.87. The van der Waals surface area contributed by atoms with Gasteiger partial charge in [0.1, 0.15) is 6.04 Å². The summed E-state index contributed by atoms with van der Waals surface area (Å²) in [4.78, 5) is 26.3. The highest BCUT2D eigenvalue weighted by atomic mass is 16.2. The van der Waals surface area contributed by atoms with Crippen molar-refractivity contribution in [1.82, 2.24) is 5.32 Å². The highest BCUT2D eigenvalue weighted by molar-refractivity contribution is 6.01. The van der Waals surface area contributed by atoms with Crippen molar-refractivity contribution < 1.29 is 9.59 Å². The Morgan fingerprint density at radius 3 is 2.52 bits per heavy atom. The van der Waals surface area contributed by atoms with Gasteiger partial charge in [0.05, 0.1) is 0 Å². The number of para-hydroxylation sites is 1. The summed E-state index contributed by atoms with van der Waals surface area (Å²) in [5.74, 6) is -0.0639. The molecule has 1 heterocycles. The predicted molar refractivity (Wildman–Crippen MR) is 84.3 cm³/mol. The SMILES string of the molecule is CCC1NC(=O)CCN(c2ccccc2C(C)(C)C)C1=O. The number of amides is 2. The minimum absolute atomic E-state index is 0.0138. The first-order valence-electron chi connectivity index (χ1n) is 7.55. The van der Waals surface area contributed by atoms with Gasteiger partial charge < -0.3 is 10.2 Å². The molecule has 1 N–H and O–H groups in total. The van der Waals surface area contributed by atoms with E-state index in [9.17, 15) is 9.59 Å². The van der Waals surface area contributed by atoms with E-state index in [1.54, 1.807) is 4.90 Å². The van der Waals surface area contributed by atoms with Crippen molar-refractivity contribution in [2.24, 2.45) is 0 Å². The van der Waals surface area contributed by atoms with Crippen molar-refractivity contribution in [3.05, 3.63) is 29.8 Å². The summed E-state index contributed by atoms with van der Waals surface area (Å²) in [5, 5.41) is 2.81. The van der Waals surface area contributed by atoms with Crippen LogP contribution in [-0.2, 0) is 15.0 Å². The molecule has 0 bridgehead atoms. The van der Waals surface area contributed by atoms with Crippen LogP contribution in [0.25, 0.3) is 0 Å². The van der Waals surface area contributed by atoms with Crippen LogP contribution in [0.1, 0.15) is 46.1 Å². The van der Waals surface area contributed by atoms with Crippen LogP contribution in [0.15, 0.2) is 24.3 Å². The largest absolute Gasteiger partial charge is 0.344 e. The molecule has 1 unspecified atom stereocenters. The maximum atomic E-state index is 12.7. The third kappa shape index (κ3) is 3.26. The Bertz CT molecular complexity index is 546. The van der Waals surface area contributed by atoms with E-state index in [0.717, 1.165) is 11.3 Å². The molecule has 1 aromatic carbocycles. The Labute approximate surface area is 126 Å². The predicted octanol–water partition coefficient (Wildman–Crippen LogP) is 2.62. The van der Waals surface area contributed by atoms with Gasteiger partial charge in [-0.3, -0.25) is 9.59 Å². The molecule has 21 heavy (non-hydrogen) atoms. The average molecular weight is 288 g/mol. The Morgan fingerprint density at radius 1 is 1.24 bits per heavy atom. The molecule has 2 rings (SSSR count). The van der Waals surface area contributed by atoms with Gasteiger partial charge >= 0.3 is 0 Å². The van der Waals surface area contributed by atoms with Gasteiger partial charge in [-0.2, -0.15) is 0 Å². The number of anilines is 1. The van der Waals surface area contributed by atoms with Crippen LogP contribution in [0.2, 0.25) is 0 Å². The second-order valence-electron chi connectivity index (χ2n) is 6.54. The van der Waals surface area contributed by atoms with Crippen LogP contribution >= 0.6 is 0 Å². The molecular weight excluding hydrogens is 264 g/mol. The molecule has 0 spiro atoms. The summed E-state index contributed by atoms with van der Waals surface area (Å²) in [6, 6.07) is 7.55. The van der Waals surface area contributed by atoms with Crippen LogP contribution in [0.5, 0.6) is 0 Å². The van der Waals surface area contributed by atoms with E-state index in [1.807, 2.05) is 25.1 Å². The van der Waals surface area contributed by atoms with Gasteiger partial charge in [-0.05, 0) is 23.5 Å². The van der Waals surface area contributed by atoms with E-state index in [-0.39, 0.29) is 17.2 Å². The molecule has 4 heteroatoms. The number of nitrogens with zero attached hydrogens (tertiary/aromatic N) is 1. The smallest absolute Gasteiger partial charge is 0.249 e. The minimum Gasteiger partial charge on any atom is -0.344 e. The second kappa shape index (κ2) is 5.88. The van der Waals surface area contributed by atoms with Crippen molar-refractivity contribution in [3.8, 4) is 0 Å². The zero-order chi connectivity index (χ0) is 15.6. The van der Waals surface area contributed by atoms with Gasteiger partial charge in [0.15, 0.2) is 0 Å². The van der Waals surface area contributed by atoms with Crippen LogP contribution in [-0.4, -0.2) is 24.4 Å². The average Bonchev–Trinajstić information content (AvgIpc) is 2.57. The topological polar surface area (TPSA) is 49.4 Å². The van der Waals surface area contributed by atoms with Gasteiger partial charge in [-0.15, -0.1) is 0 Å². The molecule has 1 aliphatic heterocycles. The summed E-state index contributed by atoms with van der Waals surface area (Å²) in [7, 11) is 0. The summed E-state index contributed by atoms with van der Waals surface area (Å²) >= 11 is 0. The number of carbonyl (C=O) groups excluding carboxylic acids is 2. The zero-order valence-electron chi connectivity index (χ0n) is 13.3. The van der Waals surface area contributed by atoms with E-state index in [0.29, 0.717) is 19.4 Å². The standard InChI is InChI=1S/C17H24N2O2/c1-5-13-16(21)19(11-10-15(20)18-13)14-9-7-6-8-12(14)17(2,3)4/h6-9,13H,5,10-11H2,1-4H3,(H,18,20). The summed E-state index contributed by atoms with van der Waals surface area (Å²) in [5.41, 5.74) is 2.00. The van der Waals surface area contributed by atoms with E-state index in [4.69, 9.17) is 0 Å². The monoisotopic (exact) mass is 288 g/mol. The number of benzene rings is 1. The highest BCUT2D eigenvalue weighted by Crippen LogP contribution is 2.32. The van der Waals surface area contributed by atoms with Crippen molar-refractivity contribution in [1.29, 1.82) is 0 Å². The fraction of sp³-hybridized carbons (Fsp3) is 0.529. The Balaban J connectivity index is 2.45. The number of hydrogen-bond donors (Lipinski definition) is 1. The normalized spacial score (nSPS) is 20.2. The quantitative estimate of drug-likeness (QED) is 0.909. The van der Waals surface area contributed by atoms with Crippen molar-refractivity contribution >= 4 is 17.5 Å². The van der Waals surface area contributed by atoms with E-state index in [2.05, 4.69) is 32.2 Å². The Kier molecular flexibility index (Phi) is 4.35. The molecule has 1 aromatic rings. The Morgan fingerprint density at radius 2 is 1.90 bits per heavy atom. The van der Waals surface area contributed by atoms with Gasteiger partial charge in [0, 0.05) is 18.7 Å². The van der Waals surface area contributed by atoms with Gasteiger partial charge in [0.25, 0.3) is 0 Å². The van der Waals surface area contributed by atoms with Crippen LogP contribution < -0.4 is 10.2 Å². The molecule has 2 amide bonds. The first kappa shape index (κ1) is 15.5. The molecule has 0 saturated carbocycles. The van der Waals surface area contributed by atoms with Crippen LogP contribution in [0, 0.1) is 0 Å². The zero-order valence-corrected chi connectivity index (χ0v) is 13.3. The molecule has 0 aliphatic carbocycles. The molecule has 1 atom stereocenters. The number of hydrogen-bond acceptors (Lipinski definition) is 2. The lowest BCUT2D eigenvalue weighted by molar-refractivity contribution is -0.125. The second-order valence-corrected chi connectivity index (χ2v) is 6.54. The van der Waals surface area contributed by atoms with Gasteiger partial charge in [-0.1, -0.05) is 45.9 Å². The lowest BCUT2D eigenvalue weighted by Gasteiger charge is -2.30. The summed E-state index contributed by atoms with van der Waals surface area (Å²) in [6.07, 6.45) is 0.958. The molecule has 4 nitrogen and oxygen atoms in total. The Hall–Kier alpha value is -1.84. The summed E-state index contributed by atoms with van der Waals surface area (Å²) < 4.78 is 0. The van der Waals surface area contributed by atoms with E-state index >= 15 is 0 Å². The molecule has 1 saturated heterocycles. The fourth-order valence-corrected chi connectivity index (χ4v) is 2.70. The van der Waals surface area contributed by atoms with Gasteiger partial charge in [-0.25, -0.2) is 0 Å². The molecule has 114 valence electrons. The van der Waals surface area contributed by atoms with Crippen molar-refractivity contribution in [2.75, 3.05) is 11.4 Å². The highest BCUT2D eigenvalue weighted by Gasteiger charge is 2.31. The number of carbonyl (C=O) groups is 2. The molecule has 1 aliphatic rings. The van der Waals surface area contributed by atoms with E-state index < -0.39 is 6.04 Å². The maximum Gasteiger partial charge on any atom is 0.249 e. The number of rotatable bonds is 2. The maximum absolute atomic E-state index is 12.7.